The van der Waals surface area contributed by atoms with Crippen LogP contribution in [0.5, 0.6) is 0 Å². The summed E-state index contributed by atoms with van der Waals surface area (Å²) < 4.78 is 40.5. The van der Waals surface area contributed by atoms with Crippen LogP contribution < -0.4 is 4.90 Å². The fourth-order valence-corrected chi connectivity index (χ4v) is 3.85. The normalized spacial score (nSPS) is 18.9. The van der Waals surface area contributed by atoms with E-state index in [1.165, 1.54) is 21.8 Å². The van der Waals surface area contributed by atoms with Crippen LogP contribution >= 0.6 is 11.3 Å². The largest absolute Gasteiger partial charge is 0.417 e. The van der Waals surface area contributed by atoms with Crippen molar-refractivity contribution < 1.29 is 13.2 Å². The molecule has 1 aliphatic heterocycles. The molecule has 1 fully saturated rings. The highest BCUT2D eigenvalue weighted by Crippen LogP contribution is 2.33. The number of fused-ring (bicyclic) bond motifs is 1. The molecule has 1 unspecified atom stereocenters. The topological polar surface area (TPSA) is 59.2 Å². The average molecular weight is 368 g/mol. The zero-order chi connectivity index (χ0) is 17.6. The standard InChI is InChI=1S/C15H15F3N6S/c1-9-19-22-14(25-9)23-6-2-3-10(7-23)13-21-20-12-5-4-11(8-24(12)13)15(16,17)18/h4-5,8,10H,2-3,6-7H2,1H3. The highest BCUT2D eigenvalue weighted by atomic mass is 32.1. The molecule has 4 rings (SSSR count). The number of rotatable bonds is 2. The Morgan fingerprint density at radius 2 is 2.00 bits per heavy atom. The summed E-state index contributed by atoms with van der Waals surface area (Å²) in [6.45, 7) is 3.40. The van der Waals surface area contributed by atoms with Gasteiger partial charge >= 0.3 is 6.18 Å². The Morgan fingerprint density at radius 1 is 1.16 bits per heavy atom. The summed E-state index contributed by atoms with van der Waals surface area (Å²) in [7, 11) is 0. The van der Waals surface area contributed by atoms with Gasteiger partial charge in [-0.1, -0.05) is 11.3 Å². The van der Waals surface area contributed by atoms with E-state index >= 15 is 0 Å². The molecule has 6 nitrogen and oxygen atoms in total. The highest BCUT2D eigenvalue weighted by Gasteiger charge is 2.32. The monoisotopic (exact) mass is 368 g/mol. The predicted molar refractivity (Wildman–Crippen MR) is 86.8 cm³/mol. The maximum atomic E-state index is 13.0. The number of anilines is 1. The van der Waals surface area contributed by atoms with Gasteiger partial charge in [-0.15, -0.1) is 20.4 Å². The van der Waals surface area contributed by atoms with Crippen molar-refractivity contribution in [2.45, 2.75) is 31.9 Å². The second-order valence-electron chi connectivity index (χ2n) is 6.09. The van der Waals surface area contributed by atoms with Gasteiger partial charge in [0, 0.05) is 25.2 Å². The number of aromatic nitrogens is 5. The number of pyridine rings is 1. The summed E-state index contributed by atoms with van der Waals surface area (Å²) in [6.07, 6.45) is -1.54. The molecule has 1 atom stereocenters. The first kappa shape index (κ1) is 16.2. The Hall–Kier alpha value is -2.23. The van der Waals surface area contributed by atoms with E-state index in [0.29, 0.717) is 18.0 Å². The first-order valence-corrected chi connectivity index (χ1v) is 8.70. The smallest absolute Gasteiger partial charge is 0.346 e. The molecule has 0 radical (unpaired) electrons. The molecule has 0 saturated carbocycles. The maximum Gasteiger partial charge on any atom is 0.417 e. The van der Waals surface area contributed by atoms with Gasteiger partial charge in [0.15, 0.2) is 5.65 Å². The Balaban J connectivity index is 1.66. The molecule has 10 heteroatoms. The van der Waals surface area contributed by atoms with Crippen LogP contribution in [0.4, 0.5) is 18.3 Å². The third-order valence-corrected chi connectivity index (χ3v) is 5.23. The van der Waals surface area contributed by atoms with Crippen molar-refractivity contribution >= 4 is 22.1 Å². The second-order valence-corrected chi connectivity index (χ2v) is 7.25. The quantitative estimate of drug-likeness (QED) is 0.695. The van der Waals surface area contributed by atoms with Crippen LogP contribution in [0.3, 0.4) is 0 Å². The summed E-state index contributed by atoms with van der Waals surface area (Å²) >= 11 is 1.52. The van der Waals surface area contributed by atoms with Crippen LogP contribution in [0.25, 0.3) is 5.65 Å². The van der Waals surface area contributed by atoms with E-state index in [0.717, 1.165) is 41.8 Å². The second kappa shape index (κ2) is 5.94. The number of nitrogens with zero attached hydrogens (tertiary/aromatic N) is 6. The van der Waals surface area contributed by atoms with E-state index < -0.39 is 11.7 Å². The van der Waals surface area contributed by atoms with Crippen molar-refractivity contribution in [2.24, 2.45) is 0 Å². The first-order valence-electron chi connectivity index (χ1n) is 7.89. The van der Waals surface area contributed by atoms with Crippen LogP contribution in [-0.2, 0) is 6.18 Å². The van der Waals surface area contributed by atoms with Crippen LogP contribution in [0.15, 0.2) is 18.3 Å². The number of piperidine rings is 1. The van der Waals surface area contributed by atoms with Gasteiger partial charge in [-0.2, -0.15) is 13.2 Å². The minimum Gasteiger partial charge on any atom is -0.346 e. The molecule has 0 N–H and O–H groups in total. The third-order valence-electron chi connectivity index (χ3n) is 4.33. The van der Waals surface area contributed by atoms with Gasteiger partial charge in [-0.25, -0.2) is 0 Å². The van der Waals surface area contributed by atoms with Crippen LogP contribution in [0.1, 0.15) is 35.2 Å². The predicted octanol–water partition coefficient (Wildman–Crippen LogP) is 3.29. The highest BCUT2D eigenvalue weighted by molar-refractivity contribution is 7.15. The number of halogens is 3. The van der Waals surface area contributed by atoms with Crippen LogP contribution in [0, 0.1) is 6.92 Å². The first-order chi connectivity index (χ1) is 11.9. The molecule has 0 spiro atoms. The van der Waals surface area contributed by atoms with Crippen molar-refractivity contribution in [2.75, 3.05) is 18.0 Å². The fraction of sp³-hybridized carbons (Fsp3) is 0.467. The Bertz CT molecular complexity index is 902. The van der Waals surface area contributed by atoms with Crippen LogP contribution in [-0.4, -0.2) is 37.9 Å². The maximum absolute atomic E-state index is 13.0. The van der Waals surface area contributed by atoms with Gasteiger partial charge < -0.3 is 4.90 Å². The summed E-state index contributed by atoms with van der Waals surface area (Å²) in [5, 5.41) is 18.1. The summed E-state index contributed by atoms with van der Waals surface area (Å²) in [4.78, 5) is 2.12. The van der Waals surface area contributed by atoms with Gasteiger partial charge in [0.2, 0.25) is 5.13 Å². The molecule has 25 heavy (non-hydrogen) atoms. The van der Waals surface area contributed by atoms with E-state index in [2.05, 4.69) is 25.3 Å². The Labute approximate surface area is 145 Å². The SMILES string of the molecule is Cc1nnc(N2CCCC(c3nnc4ccc(C(F)(F)F)cn34)C2)s1. The van der Waals surface area contributed by atoms with Crippen molar-refractivity contribution in [1.29, 1.82) is 0 Å². The fourth-order valence-electron chi connectivity index (χ4n) is 3.13. The molecule has 0 aliphatic carbocycles. The summed E-state index contributed by atoms with van der Waals surface area (Å²) in [5.74, 6) is 0.559. The van der Waals surface area contributed by atoms with Gasteiger partial charge in [0.05, 0.1) is 5.56 Å². The van der Waals surface area contributed by atoms with Crippen molar-refractivity contribution in [3.8, 4) is 0 Å². The molecule has 1 aliphatic rings. The Kier molecular flexibility index (Phi) is 3.86. The van der Waals surface area contributed by atoms with Crippen molar-refractivity contribution in [3.05, 3.63) is 34.7 Å². The van der Waals surface area contributed by atoms with E-state index in [4.69, 9.17) is 0 Å². The molecule has 132 valence electrons. The molecule has 3 aromatic heterocycles. The lowest BCUT2D eigenvalue weighted by atomic mass is 9.97. The molecule has 4 heterocycles. The zero-order valence-corrected chi connectivity index (χ0v) is 14.2. The number of hydrogen-bond donors (Lipinski definition) is 0. The zero-order valence-electron chi connectivity index (χ0n) is 13.4. The van der Waals surface area contributed by atoms with Crippen LogP contribution in [0.2, 0.25) is 0 Å². The van der Waals surface area contributed by atoms with E-state index in [9.17, 15) is 13.2 Å². The molecule has 1 saturated heterocycles. The minimum absolute atomic E-state index is 0.00330. The lowest BCUT2D eigenvalue weighted by molar-refractivity contribution is -0.137. The van der Waals surface area contributed by atoms with E-state index in [1.807, 2.05) is 6.92 Å². The van der Waals surface area contributed by atoms with Crippen molar-refractivity contribution in [3.63, 3.8) is 0 Å². The molecule has 3 aromatic rings. The van der Waals surface area contributed by atoms with Gasteiger partial charge in [-0.3, -0.25) is 4.40 Å². The van der Waals surface area contributed by atoms with E-state index in [1.54, 1.807) is 0 Å². The summed E-state index contributed by atoms with van der Waals surface area (Å²) in [5.41, 5.74) is -0.277. The molecular weight excluding hydrogens is 353 g/mol. The number of alkyl halides is 3. The lowest BCUT2D eigenvalue weighted by Crippen LogP contribution is -2.35. The minimum atomic E-state index is -4.39. The van der Waals surface area contributed by atoms with Gasteiger partial charge in [0.25, 0.3) is 0 Å². The Morgan fingerprint density at radius 3 is 2.72 bits per heavy atom. The molecule has 0 aromatic carbocycles. The average Bonchev–Trinajstić information content (AvgIpc) is 3.20. The molecular formula is C15H15F3N6S. The third kappa shape index (κ3) is 3.06. The number of aryl methyl sites for hydroxylation is 1. The summed E-state index contributed by atoms with van der Waals surface area (Å²) in [6, 6.07) is 2.39. The lowest BCUT2D eigenvalue weighted by Gasteiger charge is -2.31. The van der Waals surface area contributed by atoms with Crippen molar-refractivity contribution in [1.82, 2.24) is 24.8 Å². The molecule has 0 bridgehead atoms. The van der Waals surface area contributed by atoms with Gasteiger partial charge in [-0.05, 0) is 31.9 Å². The molecule has 0 amide bonds. The van der Waals surface area contributed by atoms with E-state index in [-0.39, 0.29) is 5.92 Å². The van der Waals surface area contributed by atoms with Gasteiger partial charge in [0.1, 0.15) is 10.8 Å². The number of hydrogen-bond acceptors (Lipinski definition) is 6.